The summed E-state index contributed by atoms with van der Waals surface area (Å²) in [6.45, 7) is 5.01. The third kappa shape index (κ3) is 6.37. The Bertz CT molecular complexity index is 1270. The van der Waals surface area contributed by atoms with Crippen LogP contribution >= 0.6 is 39.1 Å². The Labute approximate surface area is 212 Å². The van der Waals surface area contributed by atoms with Crippen molar-refractivity contribution in [3.05, 3.63) is 91.4 Å². The number of sulfonamides is 1. The van der Waals surface area contributed by atoms with E-state index in [1.165, 1.54) is 0 Å². The Kier molecular flexibility index (Phi) is 8.24. The van der Waals surface area contributed by atoms with Gasteiger partial charge in [0.2, 0.25) is 15.9 Å². The number of benzene rings is 3. The average Bonchev–Trinajstić information content (AvgIpc) is 2.71. The SMILES string of the molecule is Cc1cc(C)c(S(=O)(=O)N(CC(=O)Nc2ccc(Br)cc2)Cc2ccc(Cl)c(Cl)c2)c(C)c1. The highest BCUT2D eigenvalue weighted by molar-refractivity contribution is 9.10. The van der Waals surface area contributed by atoms with Gasteiger partial charge in [-0.3, -0.25) is 4.79 Å². The van der Waals surface area contributed by atoms with Gasteiger partial charge in [0, 0.05) is 16.7 Å². The molecule has 0 aliphatic rings. The van der Waals surface area contributed by atoms with Crippen LogP contribution in [0.1, 0.15) is 22.3 Å². The number of anilines is 1. The predicted molar refractivity (Wildman–Crippen MR) is 137 cm³/mol. The van der Waals surface area contributed by atoms with Crippen LogP contribution in [0.5, 0.6) is 0 Å². The summed E-state index contributed by atoms with van der Waals surface area (Å²) in [6.07, 6.45) is 0. The topological polar surface area (TPSA) is 66.5 Å². The maximum absolute atomic E-state index is 13.8. The standard InChI is InChI=1S/C24H23BrCl2N2O3S/c1-15-10-16(2)24(17(3)11-15)33(31,32)29(13-18-4-9-21(26)22(27)12-18)14-23(30)28-20-7-5-19(25)6-8-20/h4-12H,13-14H2,1-3H3,(H,28,30). The summed E-state index contributed by atoms with van der Waals surface area (Å²) >= 11 is 15.5. The monoisotopic (exact) mass is 568 g/mol. The second-order valence-corrected chi connectivity index (χ2v) is 11.4. The molecule has 3 aromatic rings. The van der Waals surface area contributed by atoms with Crippen molar-refractivity contribution in [3.63, 3.8) is 0 Å². The zero-order valence-electron chi connectivity index (χ0n) is 18.3. The van der Waals surface area contributed by atoms with Crippen molar-refractivity contribution in [2.75, 3.05) is 11.9 Å². The highest BCUT2D eigenvalue weighted by Crippen LogP contribution is 2.28. The third-order valence-electron chi connectivity index (χ3n) is 4.99. The average molecular weight is 570 g/mol. The van der Waals surface area contributed by atoms with E-state index < -0.39 is 15.9 Å². The number of amides is 1. The minimum absolute atomic E-state index is 0.0419. The van der Waals surface area contributed by atoms with Crippen LogP contribution in [-0.2, 0) is 21.4 Å². The first-order valence-electron chi connectivity index (χ1n) is 10.0. The normalized spacial score (nSPS) is 11.6. The summed E-state index contributed by atoms with van der Waals surface area (Å²) < 4.78 is 29.5. The highest BCUT2D eigenvalue weighted by Gasteiger charge is 2.30. The molecule has 0 aliphatic heterocycles. The van der Waals surface area contributed by atoms with Crippen LogP contribution in [-0.4, -0.2) is 25.2 Å². The van der Waals surface area contributed by atoms with E-state index in [0.717, 1.165) is 14.3 Å². The van der Waals surface area contributed by atoms with Crippen molar-refractivity contribution in [2.24, 2.45) is 0 Å². The molecule has 0 saturated heterocycles. The number of carbonyl (C=O) groups excluding carboxylic acids is 1. The molecular weight excluding hydrogens is 547 g/mol. The molecule has 3 aromatic carbocycles. The Morgan fingerprint density at radius 2 is 1.55 bits per heavy atom. The number of aryl methyl sites for hydroxylation is 3. The molecule has 3 rings (SSSR count). The lowest BCUT2D eigenvalue weighted by Gasteiger charge is -2.24. The molecule has 174 valence electrons. The number of hydrogen-bond acceptors (Lipinski definition) is 3. The van der Waals surface area contributed by atoms with Gasteiger partial charge in [-0.05, 0) is 73.9 Å². The van der Waals surface area contributed by atoms with E-state index in [9.17, 15) is 13.2 Å². The van der Waals surface area contributed by atoms with E-state index in [2.05, 4.69) is 21.2 Å². The lowest BCUT2D eigenvalue weighted by molar-refractivity contribution is -0.116. The predicted octanol–water partition coefficient (Wildman–Crippen LogP) is 6.51. The van der Waals surface area contributed by atoms with Crippen LogP contribution in [0, 0.1) is 20.8 Å². The summed E-state index contributed by atoms with van der Waals surface area (Å²) in [5.41, 5.74) is 3.40. The first kappa shape index (κ1) is 25.7. The molecular formula is C24H23BrCl2N2O3S. The Balaban J connectivity index is 1.97. The van der Waals surface area contributed by atoms with Gasteiger partial charge in [0.25, 0.3) is 0 Å². The number of nitrogens with one attached hydrogen (secondary N) is 1. The molecule has 33 heavy (non-hydrogen) atoms. The van der Waals surface area contributed by atoms with Gasteiger partial charge in [-0.15, -0.1) is 0 Å². The van der Waals surface area contributed by atoms with Crippen molar-refractivity contribution >= 4 is 60.7 Å². The van der Waals surface area contributed by atoms with Crippen molar-refractivity contribution < 1.29 is 13.2 Å². The van der Waals surface area contributed by atoms with Gasteiger partial charge in [0.05, 0.1) is 21.5 Å². The van der Waals surface area contributed by atoms with Crippen LogP contribution in [0.4, 0.5) is 5.69 Å². The molecule has 0 aliphatic carbocycles. The molecule has 0 radical (unpaired) electrons. The fraction of sp³-hybridized carbons (Fsp3) is 0.208. The number of carbonyl (C=O) groups is 1. The van der Waals surface area contributed by atoms with Crippen LogP contribution in [0.25, 0.3) is 0 Å². The molecule has 0 aromatic heterocycles. The first-order chi connectivity index (χ1) is 15.5. The van der Waals surface area contributed by atoms with Crippen LogP contribution < -0.4 is 5.32 Å². The summed E-state index contributed by atoms with van der Waals surface area (Å²) in [6, 6.07) is 15.6. The van der Waals surface area contributed by atoms with Crippen LogP contribution in [0.3, 0.4) is 0 Å². The molecule has 0 saturated carbocycles. The largest absolute Gasteiger partial charge is 0.325 e. The lowest BCUT2D eigenvalue weighted by Crippen LogP contribution is -2.38. The Hall–Kier alpha value is -1.90. The third-order valence-corrected chi connectivity index (χ3v) is 8.36. The summed E-state index contributed by atoms with van der Waals surface area (Å²) in [5, 5.41) is 3.44. The zero-order chi connectivity index (χ0) is 24.3. The second-order valence-electron chi connectivity index (χ2n) is 7.80. The summed E-state index contributed by atoms with van der Waals surface area (Å²) in [7, 11) is -4.01. The maximum atomic E-state index is 13.8. The molecule has 1 amide bonds. The van der Waals surface area contributed by atoms with Crippen molar-refractivity contribution in [3.8, 4) is 0 Å². The van der Waals surface area contributed by atoms with Crippen molar-refractivity contribution in [1.29, 1.82) is 0 Å². The van der Waals surface area contributed by atoms with Crippen LogP contribution in [0.2, 0.25) is 10.0 Å². The molecule has 0 bridgehead atoms. The molecule has 0 spiro atoms. The molecule has 9 heteroatoms. The van der Waals surface area contributed by atoms with Crippen LogP contribution in [0.15, 0.2) is 64.0 Å². The highest BCUT2D eigenvalue weighted by atomic mass is 79.9. The minimum atomic E-state index is -4.01. The lowest BCUT2D eigenvalue weighted by atomic mass is 10.1. The molecule has 0 atom stereocenters. The van der Waals surface area contributed by atoms with E-state index in [1.807, 2.05) is 19.1 Å². The summed E-state index contributed by atoms with van der Waals surface area (Å²) in [5.74, 6) is -0.455. The van der Waals surface area contributed by atoms with E-state index >= 15 is 0 Å². The quantitative estimate of drug-likeness (QED) is 0.352. The van der Waals surface area contributed by atoms with Gasteiger partial charge in [0.1, 0.15) is 0 Å². The van der Waals surface area contributed by atoms with Gasteiger partial charge in [-0.2, -0.15) is 4.31 Å². The van der Waals surface area contributed by atoms with E-state index in [-0.39, 0.29) is 18.0 Å². The first-order valence-corrected chi connectivity index (χ1v) is 13.0. The van der Waals surface area contributed by atoms with Gasteiger partial charge in [-0.1, -0.05) is 62.9 Å². The fourth-order valence-electron chi connectivity index (χ4n) is 3.66. The van der Waals surface area contributed by atoms with E-state index in [1.54, 1.807) is 56.3 Å². The molecule has 0 heterocycles. The number of rotatable bonds is 7. The molecule has 0 fully saturated rings. The van der Waals surface area contributed by atoms with E-state index in [4.69, 9.17) is 23.2 Å². The van der Waals surface area contributed by atoms with Gasteiger partial charge >= 0.3 is 0 Å². The van der Waals surface area contributed by atoms with Crippen molar-refractivity contribution in [1.82, 2.24) is 4.31 Å². The Morgan fingerprint density at radius 3 is 2.12 bits per heavy atom. The molecule has 1 N–H and O–H groups in total. The zero-order valence-corrected chi connectivity index (χ0v) is 22.2. The second kappa shape index (κ2) is 10.6. The smallest absolute Gasteiger partial charge is 0.244 e. The van der Waals surface area contributed by atoms with Crippen molar-refractivity contribution in [2.45, 2.75) is 32.2 Å². The Morgan fingerprint density at radius 1 is 0.939 bits per heavy atom. The maximum Gasteiger partial charge on any atom is 0.244 e. The minimum Gasteiger partial charge on any atom is -0.325 e. The molecule has 0 unspecified atom stereocenters. The molecule has 5 nitrogen and oxygen atoms in total. The fourth-order valence-corrected chi connectivity index (χ4v) is 6.05. The summed E-state index contributed by atoms with van der Waals surface area (Å²) in [4.78, 5) is 13.0. The number of nitrogens with zero attached hydrogens (tertiary/aromatic N) is 1. The van der Waals surface area contributed by atoms with E-state index in [0.29, 0.717) is 32.4 Å². The van der Waals surface area contributed by atoms with Gasteiger partial charge < -0.3 is 5.32 Å². The number of halogens is 3. The number of hydrogen-bond donors (Lipinski definition) is 1. The van der Waals surface area contributed by atoms with Gasteiger partial charge in [0.15, 0.2) is 0 Å². The van der Waals surface area contributed by atoms with Gasteiger partial charge in [-0.25, -0.2) is 8.42 Å².